The third-order valence-corrected chi connectivity index (χ3v) is 5.08. The van der Waals surface area contributed by atoms with Crippen LogP contribution in [0.1, 0.15) is 45.4 Å². The van der Waals surface area contributed by atoms with Gasteiger partial charge in [-0.15, -0.1) is 0 Å². The summed E-state index contributed by atoms with van der Waals surface area (Å²) in [5.41, 5.74) is 3.71. The summed E-state index contributed by atoms with van der Waals surface area (Å²) in [4.78, 5) is 35.6. The van der Waals surface area contributed by atoms with Crippen LogP contribution < -0.4 is 16.7 Å². The lowest BCUT2D eigenvalue weighted by Gasteiger charge is -2.06. The smallest absolute Gasteiger partial charge is 0.272 e. The fourth-order valence-electron chi connectivity index (χ4n) is 2.66. The van der Waals surface area contributed by atoms with Gasteiger partial charge >= 0.3 is 5.69 Å². The van der Waals surface area contributed by atoms with E-state index in [0.717, 1.165) is 52.4 Å². The van der Waals surface area contributed by atoms with E-state index in [2.05, 4.69) is 28.6 Å². The summed E-state index contributed by atoms with van der Waals surface area (Å²) in [5, 5.41) is 8.26. The van der Waals surface area contributed by atoms with Gasteiger partial charge in [-0.2, -0.15) is 10.2 Å². The minimum atomic E-state index is -0.505. The molecule has 1 N–H and O–H groups in total. The molecule has 1 aliphatic carbocycles. The van der Waals surface area contributed by atoms with Gasteiger partial charge in [0.25, 0.3) is 5.56 Å². The van der Waals surface area contributed by atoms with Crippen molar-refractivity contribution in [3.63, 3.8) is 0 Å². The summed E-state index contributed by atoms with van der Waals surface area (Å²) in [6.45, 7) is 2.17. The van der Waals surface area contributed by atoms with Gasteiger partial charge in [-0.3, -0.25) is 14.2 Å². The van der Waals surface area contributed by atoms with Gasteiger partial charge in [0.2, 0.25) is 5.91 Å². The number of hydrogen-bond donors (Lipinski definition) is 1. The summed E-state index contributed by atoms with van der Waals surface area (Å²) < 4.78 is 2.05. The first-order valence-electron chi connectivity index (χ1n) is 8.76. The summed E-state index contributed by atoms with van der Waals surface area (Å²) in [5.74, 6) is -0.299. The van der Waals surface area contributed by atoms with Crippen molar-refractivity contribution < 1.29 is 4.79 Å². The van der Waals surface area contributed by atoms with Crippen LogP contribution in [0.2, 0.25) is 0 Å². The highest BCUT2D eigenvalue weighted by Crippen LogP contribution is 2.21. The lowest BCUT2D eigenvalue weighted by atomic mass is 10.1. The predicted molar refractivity (Wildman–Crippen MR) is 102 cm³/mol. The van der Waals surface area contributed by atoms with E-state index in [0.29, 0.717) is 0 Å². The highest BCUT2D eigenvalue weighted by Gasteiger charge is 2.15. The standard InChI is InChI=1S/C17H25N5O3S/c1-4-5-6-8-12-9-7-10-13(12)18-19-14(23)11-26-15-16(24)21(2)17(25)22(3)20-15/h9H,4-8,10-11H2,1-3H3,(H,19,23)/b18-13-. The number of thioether (sulfide) groups is 1. The molecule has 2 rings (SSSR count). The second kappa shape index (κ2) is 9.51. The third-order valence-electron chi connectivity index (χ3n) is 4.14. The molecule has 1 aromatic rings. The molecule has 26 heavy (non-hydrogen) atoms. The molecule has 1 aliphatic rings. The molecule has 9 heteroatoms. The Hall–Kier alpha value is -2.16. The first-order chi connectivity index (χ1) is 12.4. The number of unbranched alkanes of at least 4 members (excludes halogenated alkanes) is 2. The molecule has 0 spiro atoms. The first-order valence-corrected chi connectivity index (χ1v) is 9.74. The monoisotopic (exact) mass is 379 g/mol. The summed E-state index contributed by atoms with van der Waals surface area (Å²) >= 11 is 0.992. The molecular formula is C17H25N5O3S. The maximum atomic E-state index is 12.0. The Balaban J connectivity index is 1.91. The Labute approximate surface area is 156 Å². The van der Waals surface area contributed by atoms with E-state index >= 15 is 0 Å². The zero-order valence-electron chi connectivity index (χ0n) is 15.4. The van der Waals surface area contributed by atoms with Crippen LogP contribution in [0.25, 0.3) is 0 Å². The Morgan fingerprint density at radius 1 is 1.35 bits per heavy atom. The second-order valence-corrected chi connectivity index (χ2v) is 7.15. The van der Waals surface area contributed by atoms with Gasteiger partial charge in [-0.1, -0.05) is 37.6 Å². The summed E-state index contributed by atoms with van der Waals surface area (Å²) in [7, 11) is 2.85. The first kappa shape index (κ1) is 20.2. The van der Waals surface area contributed by atoms with E-state index in [9.17, 15) is 14.4 Å². The summed E-state index contributed by atoms with van der Waals surface area (Å²) in [6, 6.07) is 0. The maximum absolute atomic E-state index is 12.0. The van der Waals surface area contributed by atoms with Crippen molar-refractivity contribution in [1.29, 1.82) is 0 Å². The van der Waals surface area contributed by atoms with Crippen molar-refractivity contribution in [1.82, 2.24) is 19.8 Å². The van der Waals surface area contributed by atoms with Gasteiger partial charge in [-0.25, -0.2) is 14.9 Å². The van der Waals surface area contributed by atoms with E-state index in [1.54, 1.807) is 0 Å². The zero-order chi connectivity index (χ0) is 19.1. The molecule has 1 aromatic heterocycles. The molecule has 0 unspecified atom stereocenters. The highest BCUT2D eigenvalue weighted by molar-refractivity contribution is 7.99. The lowest BCUT2D eigenvalue weighted by molar-refractivity contribution is -0.118. The van der Waals surface area contributed by atoms with Crippen molar-refractivity contribution in [2.75, 3.05) is 5.75 Å². The minimum Gasteiger partial charge on any atom is -0.272 e. The average Bonchev–Trinajstić information content (AvgIpc) is 3.07. The van der Waals surface area contributed by atoms with Crippen LogP contribution in [0.4, 0.5) is 0 Å². The molecule has 8 nitrogen and oxygen atoms in total. The number of aryl methyl sites for hydroxylation is 1. The van der Waals surface area contributed by atoms with Crippen LogP contribution in [0.3, 0.4) is 0 Å². The van der Waals surface area contributed by atoms with Crippen molar-refractivity contribution in [2.45, 2.75) is 50.5 Å². The van der Waals surface area contributed by atoms with Crippen LogP contribution in [-0.4, -0.2) is 31.7 Å². The lowest BCUT2D eigenvalue weighted by Crippen LogP contribution is -2.39. The predicted octanol–water partition coefficient (Wildman–Crippen LogP) is 1.34. The van der Waals surface area contributed by atoms with Gasteiger partial charge < -0.3 is 0 Å². The fraction of sp³-hybridized carbons (Fsp3) is 0.588. The van der Waals surface area contributed by atoms with Crippen molar-refractivity contribution in [2.24, 2.45) is 19.2 Å². The van der Waals surface area contributed by atoms with Crippen LogP contribution in [0, 0.1) is 0 Å². The molecule has 1 amide bonds. The molecule has 142 valence electrons. The maximum Gasteiger partial charge on any atom is 0.346 e. The average molecular weight is 379 g/mol. The normalized spacial score (nSPS) is 15.3. The van der Waals surface area contributed by atoms with Gasteiger partial charge in [0.15, 0.2) is 5.03 Å². The molecule has 0 radical (unpaired) electrons. The van der Waals surface area contributed by atoms with Gasteiger partial charge in [0, 0.05) is 14.1 Å². The van der Waals surface area contributed by atoms with Crippen LogP contribution in [-0.2, 0) is 18.9 Å². The van der Waals surface area contributed by atoms with Gasteiger partial charge in [0.1, 0.15) is 0 Å². The Morgan fingerprint density at radius 2 is 2.12 bits per heavy atom. The van der Waals surface area contributed by atoms with E-state index < -0.39 is 11.2 Å². The zero-order valence-corrected chi connectivity index (χ0v) is 16.3. The Bertz CT molecular complexity index is 838. The molecule has 0 aliphatic heterocycles. The molecule has 0 fully saturated rings. The topological polar surface area (TPSA) is 98.3 Å². The SMILES string of the molecule is CCCCCC1=CCC/C1=N/NC(=O)CSc1nn(C)c(=O)n(C)c1=O. The number of aromatic nitrogens is 3. The number of amides is 1. The van der Waals surface area contributed by atoms with Crippen LogP contribution in [0.15, 0.2) is 31.4 Å². The summed E-state index contributed by atoms with van der Waals surface area (Å²) in [6.07, 6.45) is 8.48. The number of rotatable bonds is 8. The molecule has 0 bridgehead atoms. The number of hydrazone groups is 1. The van der Waals surface area contributed by atoms with E-state index in [1.165, 1.54) is 32.5 Å². The quantitative estimate of drug-likeness (QED) is 0.418. The number of hydrogen-bond acceptors (Lipinski definition) is 6. The number of carbonyl (C=O) groups excluding carboxylic acids is 1. The van der Waals surface area contributed by atoms with E-state index in [-0.39, 0.29) is 16.7 Å². The molecular weight excluding hydrogens is 354 g/mol. The molecule has 0 saturated carbocycles. The third kappa shape index (κ3) is 5.17. The van der Waals surface area contributed by atoms with Crippen molar-refractivity contribution in [3.05, 3.63) is 32.5 Å². The fourth-order valence-corrected chi connectivity index (χ4v) is 3.43. The number of nitrogens with zero attached hydrogens (tertiary/aromatic N) is 4. The van der Waals surface area contributed by atoms with Gasteiger partial charge in [0.05, 0.1) is 11.5 Å². The van der Waals surface area contributed by atoms with Crippen molar-refractivity contribution in [3.8, 4) is 0 Å². The van der Waals surface area contributed by atoms with E-state index in [4.69, 9.17) is 0 Å². The minimum absolute atomic E-state index is 0.00606. The highest BCUT2D eigenvalue weighted by atomic mass is 32.2. The van der Waals surface area contributed by atoms with Crippen LogP contribution >= 0.6 is 11.8 Å². The molecule has 0 aromatic carbocycles. The molecule has 0 atom stereocenters. The number of nitrogens with one attached hydrogen (secondary N) is 1. The second-order valence-electron chi connectivity index (χ2n) is 6.18. The van der Waals surface area contributed by atoms with Crippen molar-refractivity contribution >= 4 is 23.4 Å². The van der Waals surface area contributed by atoms with Crippen LogP contribution in [0.5, 0.6) is 0 Å². The Morgan fingerprint density at radius 3 is 2.85 bits per heavy atom. The van der Waals surface area contributed by atoms with Gasteiger partial charge in [-0.05, 0) is 31.3 Å². The number of carbonyl (C=O) groups is 1. The van der Waals surface area contributed by atoms with E-state index in [1.807, 2.05) is 0 Å². The molecule has 0 saturated heterocycles. The molecule has 1 heterocycles. The largest absolute Gasteiger partial charge is 0.346 e. The Kier molecular flexibility index (Phi) is 7.38. The number of allylic oxidation sites excluding steroid dienone is 2.